The van der Waals surface area contributed by atoms with Crippen LogP contribution in [-0.2, 0) is 0 Å². The molecule has 31 heavy (non-hydrogen) atoms. The molecule has 4 rings (SSSR count). The lowest BCUT2D eigenvalue weighted by Gasteiger charge is -2.11. The van der Waals surface area contributed by atoms with Gasteiger partial charge in [-0.25, -0.2) is 9.37 Å². The summed E-state index contributed by atoms with van der Waals surface area (Å²) in [5, 5.41) is 4.25. The van der Waals surface area contributed by atoms with E-state index >= 15 is 0 Å². The summed E-state index contributed by atoms with van der Waals surface area (Å²) in [4.78, 5) is 17.9. The SMILES string of the molecule is Nc1ccc(-c2ccc(F)cc2)cc1NC(=O)c1ccc(Sc2ccc(Cl)cn2)cc1. The van der Waals surface area contributed by atoms with Gasteiger partial charge in [0.25, 0.3) is 5.91 Å². The first-order valence-electron chi connectivity index (χ1n) is 9.34. The van der Waals surface area contributed by atoms with E-state index in [9.17, 15) is 9.18 Å². The molecule has 0 spiro atoms. The molecule has 0 bridgehead atoms. The van der Waals surface area contributed by atoms with Gasteiger partial charge in [-0.2, -0.15) is 0 Å². The number of anilines is 2. The van der Waals surface area contributed by atoms with Gasteiger partial charge in [0, 0.05) is 16.7 Å². The van der Waals surface area contributed by atoms with Crippen molar-refractivity contribution < 1.29 is 9.18 Å². The molecule has 0 saturated heterocycles. The smallest absolute Gasteiger partial charge is 0.255 e. The minimum Gasteiger partial charge on any atom is -0.397 e. The number of rotatable bonds is 5. The summed E-state index contributed by atoms with van der Waals surface area (Å²) in [6.45, 7) is 0. The number of nitrogens with one attached hydrogen (secondary N) is 1. The normalized spacial score (nSPS) is 10.6. The molecule has 4 nitrogen and oxygen atoms in total. The van der Waals surface area contributed by atoms with Crippen LogP contribution in [0.5, 0.6) is 0 Å². The Kier molecular flexibility index (Phi) is 6.21. The largest absolute Gasteiger partial charge is 0.397 e. The maximum absolute atomic E-state index is 13.2. The zero-order valence-corrected chi connectivity index (χ0v) is 17.8. The van der Waals surface area contributed by atoms with Crippen molar-refractivity contribution >= 4 is 40.6 Å². The van der Waals surface area contributed by atoms with Crippen LogP contribution in [-0.4, -0.2) is 10.9 Å². The molecule has 1 amide bonds. The summed E-state index contributed by atoms with van der Waals surface area (Å²) in [7, 11) is 0. The minimum absolute atomic E-state index is 0.274. The highest BCUT2D eigenvalue weighted by atomic mass is 35.5. The molecule has 0 aliphatic carbocycles. The molecule has 7 heteroatoms. The van der Waals surface area contributed by atoms with Gasteiger partial charge in [0.1, 0.15) is 10.8 Å². The predicted molar refractivity (Wildman–Crippen MR) is 124 cm³/mol. The molecule has 0 unspecified atom stereocenters. The number of carbonyl (C=O) groups is 1. The van der Waals surface area contributed by atoms with E-state index in [1.807, 2.05) is 24.3 Å². The summed E-state index contributed by atoms with van der Waals surface area (Å²) in [5.41, 5.74) is 9.14. The van der Waals surface area contributed by atoms with Crippen molar-refractivity contribution in [2.45, 2.75) is 9.92 Å². The van der Waals surface area contributed by atoms with Crippen molar-refractivity contribution in [2.75, 3.05) is 11.1 Å². The number of halogens is 2. The van der Waals surface area contributed by atoms with Gasteiger partial charge in [0.15, 0.2) is 0 Å². The van der Waals surface area contributed by atoms with Crippen LogP contribution in [0.1, 0.15) is 10.4 Å². The van der Waals surface area contributed by atoms with Gasteiger partial charge in [0.2, 0.25) is 0 Å². The Balaban J connectivity index is 1.48. The molecule has 154 valence electrons. The fourth-order valence-electron chi connectivity index (χ4n) is 2.90. The van der Waals surface area contributed by atoms with Gasteiger partial charge in [-0.3, -0.25) is 4.79 Å². The summed E-state index contributed by atoms with van der Waals surface area (Å²) in [6.07, 6.45) is 1.59. The summed E-state index contributed by atoms with van der Waals surface area (Å²) >= 11 is 7.33. The summed E-state index contributed by atoms with van der Waals surface area (Å²) in [5.74, 6) is -0.578. The molecule has 0 aliphatic heterocycles. The Hall–Kier alpha value is -3.35. The van der Waals surface area contributed by atoms with E-state index in [1.54, 1.807) is 48.7 Å². The molecule has 0 aliphatic rings. The maximum atomic E-state index is 13.2. The second-order valence-corrected chi connectivity index (χ2v) is 8.23. The monoisotopic (exact) mass is 449 g/mol. The zero-order valence-electron chi connectivity index (χ0n) is 16.2. The van der Waals surface area contributed by atoms with Crippen LogP contribution in [0, 0.1) is 5.82 Å². The molecule has 4 aromatic rings. The Bertz CT molecular complexity index is 1210. The first-order valence-corrected chi connectivity index (χ1v) is 10.5. The lowest BCUT2D eigenvalue weighted by atomic mass is 10.0. The van der Waals surface area contributed by atoms with E-state index in [0.717, 1.165) is 21.0 Å². The second-order valence-electron chi connectivity index (χ2n) is 6.70. The first-order chi connectivity index (χ1) is 15.0. The van der Waals surface area contributed by atoms with Crippen LogP contribution in [0.3, 0.4) is 0 Å². The van der Waals surface area contributed by atoms with E-state index in [0.29, 0.717) is 22.0 Å². The lowest BCUT2D eigenvalue weighted by Crippen LogP contribution is -2.13. The zero-order chi connectivity index (χ0) is 21.8. The van der Waals surface area contributed by atoms with Gasteiger partial charge < -0.3 is 11.1 Å². The van der Waals surface area contributed by atoms with Crippen molar-refractivity contribution in [1.82, 2.24) is 4.98 Å². The Morgan fingerprint density at radius 2 is 1.65 bits per heavy atom. The number of hydrogen-bond acceptors (Lipinski definition) is 4. The number of hydrogen-bond donors (Lipinski definition) is 2. The number of amides is 1. The van der Waals surface area contributed by atoms with Crippen molar-refractivity contribution in [1.29, 1.82) is 0 Å². The van der Waals surface area contributed by atoms with Crippen molar-refractivity contribution in [3.63, 3.8) is 0 Å². The third kappa shape index (κ3) is 5.23. The molecular weight excluding hydrogens is 433 g/mol. The molecule has 0 radical (unpaired) electrons. The van der Waals surface area contributed by atoms with Crippen LogP contribution in [0.2, 0.25) is 5.02 Å². The standard InChI is InChI=1S/C24H17ClFN3OS/c25-18-6-12-23(28-14-18)31-20-9-3-16(4-10-20)24(30)29-22-13-17(5-11-21(22)27)15-1-7-19(26)8-2-15/h1-14H,27H2,(H,29,30). The fraction of sp³-hybridized carbons (Fsp3) is 0. The quantitative estimate of drug-likeness (QED) is 0.340. The number of carbonyl (C=O) groups excluding carboxylic acids is 1. The van der Waals surface area contributed by atoms with Gasteiger partial charge >= 0.3 is 0 Å². The molecule has 3 N–H and O–H groups in total. The van der Waals surface area contributed by atoms with Gasteiger partial charge in [0.05, 0.1) is 16.4 Å². The number of aromatic nitrogens is 1. The van der Waals surface area contributed by atoms with Crippen LogP contribution in [0.15, 0.2) is 95.0 Å². The van der Waals surface area contributed by atoms with E-state index in [2.05, 4.69) is 10.3 Å². The minimum atomic E-state index is -0.304. The average molecular weight is 450 g/mol. The highest BCUT2D eigenvalue weighted by molar-refractivity contribution is 7.99. The van der Waals surface area contributed by atoms with Crippen LogP contribution < -0.4 is 11.1 Å². The predicted octanol–water partition coefficient (Wildman–Crippen LogP) is 6.53. The van der Waals surface area contributed by atoms with Gasteiger partial charge in [-0.15, -0.1) is 0 Å². The van der Waals surface area contributed by atoms with Crippen molar-refractivity contribution in [3.05, 3.63) is 101 Å². The Labute approximate surface area is 188 Å². The molecular formula is C24H17ClFN3OS. The second kappa shape index (κ2) is 9.20. The molecule has 1 aromatic heterocycles. The van der Waals surface area contributed by atoms with Gasteiger partial charge in [-0.05, 0) is 71.8 Å². The average Bonchev–Trinajstić information content (AvgIpc) is 2.78. The van der Waals surface area contributed by atoms with E-state index < -0.39 is 0 Å². The Morgan fingerprint density at radius 1 is 0.935 bits per heavy atom. The van der Waals surface area contributed by atoms with Crippen LogP contribution in [0.4, 0.5) is 15.8 Å². The molecule has 1 heterocycles. The number of pyridine rings is 1. The van der Waals surface area contributed by atoms with Crippen molar-refractivity contribution in [2.24, 2.45) is 0 Å². The summed E-state index contributed by atoms with van der Waals surface area (Å²) in [6, 6.07) is 22.3. The third-order valence-corrected chi connectivity index (χ3v) is 5.70. The van der Waals surface area contributed by atoms with Crippen LogP contribution >= 0.6 is 23.4 Å². The van der Waals surface area contributed by atoms with Crippen LogP contribution in [0.25, 0.3) is 11.1 Å². The lowest BCUT2D eigenvalue weighted by molar-refractivity contribution is 0.102. The Morgan fingerprint density at radius 3 is 2.32 bits per heavy atom. The number of nitrogen functional groups attached to an aromatic ring is 1. The first kappa shape index (κ1) is 20.9. The number of nitrogens with zero attached hydrogens (tertiary/aromatic N) is 1. The fourth-order valence-corrected chi connectivity index (χ4v) is 3.77. The topological polar surface area (TPSA) is 68.0 Å². The maximum Gasteiger partial charge on any atom is 0.255 e. The number of benzene rings is 3. The van der Waals surface area contributed by atoms with Crippen molar-refractivity contribution in [3.8, 4) is 11.1 Å². The number of nitrogens with two attached hydrogens (primary N) is 1. The molecule has 0 saturated carbocycles. The van der Waals surface area contributed by atoms with Gasteiger partial charge in [-0.1, -0.05) is 41.6 Å². The molecule has 0 fully saturated rings. The summed E-state index contributed by atoms with van der Waals surface area (Å²) < 4.78 is 13.2. The van der Waals surface area contributed by atoms with E-state index in [-0.39, 0.29) is 11.7 Å². The molecule has 0 atom stereocenters. The van der Waals surface area contributed by atoms with E-state index in [4.69, 9.17) is 17.3 Å². The highest BCUT2D eigenvalue weighted by Crippen LogP contribution is 2.29. The highest BCUT2D eigenvalue weighted by Gasteiger charge is 2.10. The molecule has 3 aromatic carbocycles. The third-order valence-electron chi connectivity index (χ3n) is 4.52. The van der Waals surface area contributed by atoms with E-state index in [1.165, 1.54) is 23.9 Å².